The second-order valence-electron chi connectivity index (χ2n) is 2.72. The van der Waals surface area contributed by atoms with E-state index in [0.717, 1.165) is 0 Å². The zero-order valence-corrected chi connectivity index (χ0v) is 10.2. The molecule has 0 aliphatic carbocycles. The molecule has 1 aromatic rings. The molecule has 0 amide bonds. The van der Waals surface area contributed by atoms with Crippen LogP contribution >= 0.6 is 39.1 Å². The zero-order valence-electron chi connectivity index (χ0n) is 7.12. The first kappa shape index (κ1) is 13.0. The largest absolute Gasteiger partial charge is 0.520 e. The van der Waals surface area contributed by atoms with E-state index in [1.54, 1.807) is 0 Å². The number of rotatable bonds is 3. The first-order valence-electron chi connectivity index (χ1n) is 3.78. The second kappa shape index (κ2) is 4.85. The van der Waals surface area contributed by atoms with Gasteiger partial charge >= 0.3 is 6.98 Å². The van der Waals surface area contributed by atoms with Crippen LogP contribution in [0.25, 0.3) is 0 Å². The van der Waals surface area contributed by atoms with Crippen LogP contribution in [0.2, 0.25) is 10.0 Å². The second-order valence-corrected chi connectivity index (χ2v) is 4.39. The Morgan fingerprint density at radius 3 is 2.33 bits per heavy atom. The van der Waals surface area contributed by atoms with Crippen molar-refractivity contribution in [3.05, 3.63) is 26.7 Å². The molecule has 0 aliphatic heterocycles. The molecule has 84 valence electrons. The summed E-state index contributed by atoms with van der Waals surface area (Å²) in [5, 5.41) is 0.315. The van der Waals surface area contributed by atoms with Crippen LogP contribution in [0.5, 0.6) is 5.75 Å². The molecule has 0 saturated carbocycles. The third kappa shape index (κ3) is 4.13. The maximum Gasteiger partial charge on any atom is 0.515 e. The summed E-state index contributed by atoms with van der Waals surface area (Å²) >= 11 is 14.4. The molecule has 0 fully saturated rings. The van der Waals surface area contributed by atoms with E-state index >= 15 is 0 Å². The summed E-state index contributed by atoms with van der Waals surface area (Å²) < 4.78 is 40.7. The van der Waals surface area contributed by atoms with E-state index < -0.39 is 13.5 Å². The first-order valence-corrected chi connectivity index (χ1v) is 5.33. The summed E-state index contributed by atoms with van der Waals surface area (Å²) in [6.07, 6.45) is 0. The van der Waals surface area contributed by atoms with E-state index in [9.17, 15) is 12.9 Å². The number of hydrogen-bond acceptors (Lipinski definition) is 1. The molecule has 1 nitrogen and oxygen atoms in total. The minimum Gasteiger partial charge on any atom is -0.520 e. The highest BCUT2D eigenvalue weighted by atomic mass is 79.9. The van der Waals surface area contributed by atoms with Crippen LogP contribution in [0.4, 0.5) is 12.9 Å². The summed E-state index contributed by atoms with van der Waals surface area (Å²) in [6, 6.07) is 2.61. The van der Waals surface area contributed by atoms with Crippen LogP contribution in [0.1, 0.15) is 0 Å². The molecule has 0 radical (unpaired) electrons. The molecular formula is C7H4BBrCl2F3O-. The lowest BCUT2D eigenvalue weighted by Gasteiger charge is -2.16. The van der Waals surface area contributed by atoms with Crippen molar-refractivity contribution in [3.8, 4) is 5.75 Å². The van der Waals surface area contributed by atoms with Gasteiger partial charge in [-0.05, 0) is 22.0 Å². The average molecular weight is 323 g/mol. The minimum absolute atomic E-state index is 0.0753. The topological polar surface area (TPSA) is 9.23 Å². The Hall–Kier alpha value is -0.0651. The molecule has 0 bridgehead atoms. The van der Waals surface area contributed by atoms with Crippen LogP contribution in [-0.2, 0) is 0 Å². The van der Waals surface area contributed by atoms with Gasteiger partial charge in [0.25, 0.3) is 0 Å². The summed E-state index contributed by atoms with van der Waals surface area (Å²) in [6.45, 7) is -6.33. The smallest absolute Gasteiger partial charge is 0.515 e. The first-order chi connectivity index (χ1) is 6.79. The Labute approximate surface area is 103 Å². The molecule has 0 atom stereocenters. The normalized spacial score (nSPS) is 11.6. The summed E-state index contributed by atoms with van der Waals surface area (Å²) in [7, 11) is 0. The van der Waals surface area contributed by atoms with Crippen molar-refractivity contribution in [1.29, 1.82) is 0 Å². The molecule has 0 N–H and O–H groups in total. The predicted octanol–water partition coefficient (Wildman–Crippen LogP) is 4.52. The van der Waals surface area contributed by atoms with E-state index in [1.165, 1.54) is 12.1 Å². The van der Waals surface area contributed by atoms with E-state index in [2.05, 4.69) is 20.7 Å². The fourth-order valence-corrected chi connectivity index (χ4v) is 1.65. The summed E-state index contributed by atoms with van der Waals surface area (Å²) in [5.41, 5.74) is 0. The van der Waals surface area contributed by atoms with Gasteiger partial charge in [0.05, 0.1) is 16.6 Å². The van der Waals surface area contributed by atoms with Crippen molar-refractivity contribution in [2.45, 2.75) is 0 Å². The molecule has 0 heterocycles. The number of benzene rings is 1. The Morgan fingerprint density at radius 1 is 1.20 bits per heavy atom. The van der Waals surface area contributed by atoms with Gasteiger partial charge in [-0.1, -0.05) is 23.2 Å². The third-order valence-electron chi connectivity index (χ3n) is 1.40. The molecule has 8 heteroatoms. The highest BCUT2D eigenvalue weighted by molar-refractivity contribution is 9.10. The Morgan fingerprint density at radius 2 is 1.80 bits per heavy atom. The number of ether oxygens (including phenoxy) is 1. The molecular weight excluding hydrogens is 319 g/mol. The summed E-state index contributed by atoms with van der Waals surface area (Å²) in [5.74, 6) is -0.0796. The lowest BCUT2D eigenvalue weighted by Crippen LogP contribution is -2.26. The molecule has 0 saturated heterocycles. The van der Waals surface area contributed by atoms with Gasteiger partial charge in [0, 0.05) is 10.5 Å². The maximum atomic E-state index is 11.9. The van der Waals surface area contributed by atoms with Gasteiger partial charge in [-0.25, -0.2) is 0 Å². The molecule has 15 heavy (non-hydrogen) atoms. The maximum absolute atomic E-state index is 11.9. The van der Waals surface area contributed by atoms with Gasteiger partial charge in [-0.2, -0.15) is 0 Å². The quantitative estimate of drug-likeness (QED) is 0.587. The molecule has 0 aliphatic rings. The van der Waals surface area contributed by atoms with Crippen molar-refractivity contribution in [2.75, 3.05) is 6.51 Å². The molecule has 0 aromatic heterocycles. The van der Waals surface area contributed by atoms with Crippen molar-refractivity contribution in [3.63, 3.8) is 0 Å². The van der Waals surface area contributed by atoms with Gasteiger partial charge < -0.3 is 17.7 Å². The van der Waals surface area contributed by atoms with Crippen molar-refractivity contribution in [1.82, 2.24) is 0 Å². The third-order valence-corrected chi connectivity index (χ3v) is 2.90. The predicted molar refractivity (Wildman–Crippen MR) is 58.7 cm³/mol. The van der Waals surface area contributed by atoms with E-state index in [4.69, 9.17) is 23.2 Å². The van der Waals surface area contributed by atoms with Crippen LogP contribution in [0, 0.1) is 0 Å². The van der Waals surface area contributed by atoms with E-state index in [0.29, 0.717) is 4.47 Å². The zero-order chi connectivity index (χ0) is 11.6. The van der Waals surface area contributed by atoms with E-state index in [1.807, 2.05) is 0 Å². The Kier molecular flexibility index (Phi) is 4.20. The van der Waals surface area contributed by atoms with Crippen LogP contribution in [0.15, 0.2) is 16.6 Å². The van der Waals surface area contributed by atoms with Crippen molar-refractivity contribution < 1.29 is 17.7 Å². The highest BCUT2D eigenvalue weighted by Gasteiger charge is 2.24. The van der Waals surface area contributed by atoms with Crippen LogP contribution < -0.4 is 4.74 Å². The van der Waals surface area contributed by atoms with Gasteiger partial charge in [0.15, 0.2) is 0 Å². The van der Waals surface area contributed by atoms with Crippen LogP contribution in [0.3, 0.4) is 0 Å². The minimum atomic E-state index is -5.00. The summed E-state index contributed by atoms with van der Waals surface area (Å²) in [4.78, 5) is 0. The Balaban J connectivity index is 2.82. The molecule has 0 spiro atoms. The monoisotopic (exact) mass is 321 g/mol. The lowest BCUT2D eigenvalue weighted by atomic mass is 9.95. The standard InChI is InChI=1S/C7H4BBrCl2F3O/c9-4-1-6(11)7(2-5(4)10)15-3-8(12,13)14/h1-2H,3H2/q-1. The van der Waals surface area contributed by atoms with Gasteiger partial charge in [-0.3, -0.25) is 0 Å². The highest BCUT2D eigenvalue weighted by Crippen LogP contribution is 2.34. The SMILES string of the molecule is F[B-](F)(F)COc1cc(Cl)c(Br)cc1Cl. The fraction of sp³-hybridized carbons (Fsp3) is 0.143. The molecule has 0 unspecified atom stereocenters. The van der Waals surface area contributed by atoms with Crippen LogP contribution in [-0.4, -0.2) is 13.5 Å². The van der Waals surface area contributed by atoms with E-state index in [-0.39, 0.29) is 15.8 Å². The fourth-order valence-electron chi connectivity index (χ4n) is 0.799. The molecule has 1 aromatic carbocycles. The van der Waals surface area contributed by atoms with Crippen molar-refractivity contribution >= 4 is 46.1 Å². The molecule has 1 rings (SSSR count). The number of hydrogen-bond donors (Lipinski definition) is 0. The lowest BCUT2D eigenvalue weighted by molar-refractivity contribution is 0.313. The van der Waals surface area contributed by atoms with Gasteiger partial charge in [0.1, 0.15) is 5.75 Å². The number of halogens is 6. The Bertz CT molecular complexity index is 372. The van der Waals surface area contributed by atoms with Crippen molar-refractivity contribution in [2.24, 2.45) is 0 Å². The average Bonchev–Trinajstić information content (AvgIpc) is 2.07. The van der Waals surface area contributed by atoms with Gasteiger partial charge in [-0.15, -0.1) is 0 Å². The van der Waals surface area contributed by atoms with Gasteiger partial charge in [0.2, 0.25) is 0 Å².